The lowest BCUT2D eigenvalue weighted by Crippen LogP contribution is -2.30. The molecular weight excluding hydrogens is 1330 g/mol. The first-order valence-corrected chi connectivity index (χ1v) is 45.4. The van der Waals surface area contributed by atoms with Gasteiger partial charge in [0.05, 0.1) is 26.4 Å². The number of carbonyl (C=O) groups excluding carboxylic acids is 4. The fourth-order valence-electron chi connectivity index (χ4n) is 12.4. The van der Waals surface area contributed by atoms with E-state index in [2.05, 4.69) is 58.9 Å². The Morgan fingerprint density at radius 2 is 0.529 bits per heavy atom. The van der Waals surface area contributed by atoms with Gasteiger partial charge in [-0.3, -0.25) is 37.3 Å². The lowest BCUT2D eigenvalue weighted by molar-refractivity contribution is -0.161. The molecule has 2 unspecified atom stereocenters. The molecule has 0 aliphatic rings. The van der Waals surface area contributed by atoms with E-state index in [0.717, 1.165) is 115 Å². The SMILES string of the molecule is CCCCCC/C=C\C=C/CCCCCCCC(=O)OC[C@H](COP(=O)(O)OC[C@@H](O)COP(=O)(O)OC[C@@H](COC(=O)CCCCCCCCCCCCCC)OC(=O)CCCCCCCCCCCCCCCC)OC(=O)CCCCCCCCCCCCCCCCCCCCC(C)C. The van der Waals surface area contributed by atoms with E-state index in [1.807, 2.05) is 0 Å². The normalized spacial score (nSPS) is 14.0. The molecule has 5 atom stereocenters. The molecule has 0 saturated carbocycles. The maximum absolute atomic E-state index is 13.1. The van der Waals surface area contributed by atoms with Crippen LogP contribution >= 0.6 is 15.6 Å². The topological polar surface area (TPSA) is 237 Å². The van der Waals surface area contributed by atoms with Crippen LogP contribution in [-0.4, -0.2) is 96.7 Å². The first-order chi connectivity index (χ1) is 49.5. The summed E-state index contributed by atoms with van der Waals surface area (Å²) >= 11 is 0. The van der Waals surface area contributed by atoms with Crippen molar-refractivity contribution in [2.75, 3.05) is 39.6 Å². The van der Waals surface area contributed by atoms with E-state index < -0.39 is 97.5 Å². The van der Waals surface area contributed by atoms with Gasteiger partial charge in [0.1, 0.15) is 19.3 Å². The van der Waals surface area contributed by atoms with Gasteiger partial charge in [-0.2, -0.15) is 0 Å². The molecular formula is C83H158O17P2. The number of hydrogen-bond acceptors (Lipinski definition) is 15. The van der Waals surface area contributed by atoms with Crippen molar-refractivity contribution in [1.29, 1.82) is 0 Å². The zero-order valence-electron chi connectivity index (χ0n) is 66.2. The van der Waals surface area contributed by atoms with Gasteiger partial charge in [-0.1, -0.05) is 367 Å². The van der Waals surface area contributed by atoms with Gasteiger partial charge in [0.2, 0.25) is 0 Å². The fraction of sp³-hybridized carbons (Fsp3) is 0.904. The number of allylic oxidation sites excluding steroid dienone is 4. The quantitative estimate of drug-likeness (QED) is 0.0169. The van der Waals surface area contributed by atoms with Gasteiger partial charge in [0, 0.05) is 25.7 Å². The first-order valence-electron chi connectivity index (χ1n) is 42.5. The van der Waals surface area contributed by atoms with E-state index in [0.29, 0.717) is 25.7 Å². The number of rotatable bonds is 81. The molecule has 0 radical (unpaired) electrons. The summed E-state index contributed by atoms with van der Waals surface area (Å²) < 4.78 is 68.7. The molecule has 102 heavy (non-hydrogen) atoms. The Morgan fingerprint density at radius 3 is 0.804 bits per heavy atom. The van der Waals surface area contributed by atoms with Crippen LogP contribution in [0.25, 0.3) is 0 Å². The number of ether oxygens (including phenoxy) is 4. The number of phosphoric ester groups is 2. The van der Waals surface area contributed by atoms with E-state index >= 15 is 0 Å². The standard InChI is InChI=1S/C83H158O17P2/c1-6-9-12-15-18-21-24-27-33-38-42-47-52-57-62-67-81(86)94-73-79(100-83(88)69-64-59-54-49-44-39-35-32-30-29-31-34-36-40-45-50-55-60-65-76(4)5)75-98-102(91,92)96-71-77(84)70-95-101(89,90)97-74-78(72-93-80(85)66-61-56-51-46-41-26-23-20-17-14-11-8-3)99-82(87)68-63-58-53-48-43-37-28-25-22-19-16-13-10-7-2/h21,24,27,33,76-79,84H,6-20,22-23,25-26,28-32,34-75H2,1-5H3,(H,89,90)(H,91,92)/b24-21-,33-27-/t77-,78+,79+/m0/s1. The highest BCUT2D eigenvalue weighted by atomic mass is 31.2. The maximum atomic E-state index is 13.1. The molecule has 0 heterocycles. The minimum absolute atomic E-state index is 0.102. The molecule has 17 nitrogen and oxygen atoms in total. The van der Waals surface area contributed by atoms with E-state index in [4.69, 9.17) is 37.0 Å². The van der Waals surface area contributed by atoms with Crippen molar-refractivity contribution < 1.29 is 80.2 Å². The van der Waals surface area contributed by atoms with Crippen molar-refractivity contribution in [3.05, 3.63) is 24.3 Å². The summed E-state index contributed by atoms with van der Waals surface area (Å²) in [5.41, 5.74) is 0. The van der Waals surface area contributed by atoms with Crippen molar-refractivity contribution in [2.24, 2.45) is 5.92 Å². The van der Waals surface area contributed by atoms with Gasteiger partial charge in [0.15, 0.2) is 12.2 Å². The Hall–Kier alpha value is -2.46. The average Bonchev–Trinajstić information content (AvgIpc) is 0.929. The summed E-state index contributed by atoms with van der Waals surface area (Å²) in [7, 11) is -9.93. The Labute approximate surface area is 624 Å². The third-order valence-corrected chi connectivity index (χ3v) is 20.8. The first kappa shape index (κ1) is 99.5. The van der Waals surface area contributed by atoms with Gasteiger partial charge in [-0.05, 0) is 57.3 Å². The molecule has 0 aromatic heterocycles. The minimum atomic E-state index is -4.97. The summed E-state index contributed by atoms with van der Waals surface area (Å²) in [6, 6.07) is 0. The van der Waals surface area contributed by atoms with Crippen LogP contribution in [0.1, 0.15) is 420 Å². The van der Waals surface area contributed by atoms with Gasteiger partial charge in [0.25, 0.3) is 0 Å². The van der Waals surface area contributed by atoms with Crippen LogP contribution in [0, 0.1) is 5.92 Å². The van der Waals surface area contributed by atoms with E-state index in [-0.39, 0.29) is 25.7 Å². The summed E-state index contributed by atoms with van der Waals surface area (Å²) in [5, 5.41) is 10.7. The molecule has 19 heteroatoms. The van der Waals surface area contributed by atoms with Crippen LogP contribution in [0.4, 0.5) is 0 Å². The summed E-state index contributed by atoms with van der Waals surface area (Å²) in [4.78, 5) is 73.1. The molecule has 0 saturated heterocycles. The van der Waals surface area contributed by atoms with Gasteiger partial charge < -0.3 is 33.8 Å². The lowest BCUT2D eigenvalue weighted by Gasteiger charge is -2.21. The Kier molecular flexibility index (Phi) is 73.5. The zero-order valence-corrected chi connectivity index (χ0v) is 68.0. The zero-order chi connectivity index (χ0) is 74.8. The summed E-state index contributed by atoms with van der Waals surface area (Å²) in [6.45, 7) is 7.31. The van der Waals surface area contributed by atoms with Crippen molar-refractivity contribution in [3.8, 4) is 0 Å². The van der Waals surface area contributed by atoms with Crippen LogP contribution in [0.3, 0.4) is 0 Å². The molecule has 0 aliphatic heterocycles. The smallest absolute Gasteiger partial charge is 0.462 e. The van der Waals surface area contributed by atoms with Gasteiger partial charge in [-0.15, -0.1) is 0 Å². The molecule has 0 aromatic rings. The van der Waals surface area contributed by atoms with Crippen molar-refractivity contribution in [1.82, 2.24) is 0 Å². The fourth-order valence-corrected chi connectivity index (χ4v) is 14.0. The highest BCUT2D eigenvalue weighted by molar-refractivity contribution is 7.47. The van der Waals surface area contributed by atoms with Crippen LogP contribution in [0.5, 0.6) is 0 Å². The molecule has 0 amide bonds. The second kappa shape index (κ2) is 75.4. The second-order valence-electron chi connectivity index (χ2n) is 29.7. The van der Waals surface area contributed by atoms with Crippen LogP contribution in [0.2, 0.25) is 0 Å². The number of aliphatic hydroxyl groups excluding tert-OH is 1. The molecule has 0 aromatic carbocycles. The average molecular weight is 1490 g/mol. The largest absolute Gasteiger partial charge is 0.472 e. The summed E-state index contributed by atoms with van der Waals surface area (Å²) in [5.74, 6) is -1.31. The molecule has 0 fully saturated rings. The van der Waals surface area contributed by atoms with Crippen molar-refractivity contribution >= 4 is 39.5 Å². The van der Waals surface area contributed by atoms with Gasteiger partial charge in [-0.25, -0.2) is 9.13 Å². The molecule has 0 spiro atoms. The predicted molar refractivity (Wildman–Crippen MR) is 418 cm³/mol. The Balaban J connectivity index is 5.27. The number of hydrogen-bond donors (Lipinski definition) is 3. The van der Waals surface area contributed by atoms with E-state index in [1.165, 1.54) is 225 Å². The third kappa shape index (κ3) is 75.8. The summed E-state index contributed by atoms with van der Waals surface area (Å²) in [6.07, 6.45) is 70.1. The third-order valence-electron chi connectivity index (χ3n) is 18.9. The number of phosphoric acid groups is 2. The number of unbranched alkanes of at least 4 members (excludes halogenated alkanes) is 50. The van der Waals surface area contributed by atoms with Crippen LogP contribution in [0.15, 0.2) is 24.3 Å². The van der Waals surface area contributed by atoms with Gasteiger partial charge >= 0.3 is 39.5 Å². The molecule has 0 bridgehead atoms. The Bertz CT molecular complexity index is 2040. The van der Waals surface area contributed by atoms with Crippen LogP contribution in [-0.2, 0) is 65.4 Å². The van der Waals surface area contributed by atoms with E-state index in [9.17, 15) is 43.2 Å². The number of carbonyl (C=O) groups is 4. The second-order valence-corrected chi connectivity index (χ2v) is 32.6. The molecule has 602 valence electrons. The molecule has 0 aliphatic carbocycles. The number of aliphatic hydroxyl groups is 1. The Morgan fingerprint density at radius 1 is 0.304 bits per heavy atom. The predicted octanol–water partition coefficient (Wildman–Crippen LogP) is 24.8. The van der Waals surface area contributed by atoms with Crippen molar-refractivity contribution in [2.45, 2.75) is 438 Å². The highest BCUT2D eigenvalue weighted by Gasteiger charge is 2.30. The monoisotopic (exact) mass is 1490 g/mol. The molecule has 3 N–H and O–H groups in total. The highest BCUT2D eigenvalue weighted by Crippen LogP contribution is 2.45. The molecule has 0 rings (SSSR count). The lowest BCUT2D eigenvalue weighted by atomic mass is 10.0. The maximum Gasteiger partial charge on any atom is 0.472 e. The van der Waals surface area contributed by atoms with Crippen molar-refractivity contribution in [3.63, 3.8) is 0 Å². The number of esters is 4. The minimum Gasteiger partial charge on any atom is -0.462 e. The van der Waals surface area contributed by atoms with E-state index in [1.54, 1.807) is 0 Å². The van der Waals surface area contributed by atoms with Crippen LogP contribution < -0.4 is 0 Å².